The minimum absolute atomic E-state index is 0.393. The summed E-state index contributed by atoms with van der Waals surface area (Å²) >= 11 is 0. The highest BCUT2D eigenvalue weighted by molar-refractivity contribution is 5.53. The van der Waals surface area contributed by atoms with Crippen molar-refractivity contribution in [1.29, 1.82) is 0 Å². The Morgan fingerprint density at radius 2 is 1.70 bits per heavy atom. The molecule has 1 aromatic heterocycles. The first-order valence-corrected chi connectivity index (χ1v) is 7.26. The van der Waals surface area contributed by atoms with Crippen molar-refractivity contribution in [2.24, 2.45) is 0 Å². The Labute approximate surface area is 122 Å². The van der Waals surface area contributed by atoms with Crippen molar-refractivity contribution in [3.05, 3.63) is 46.3 Å². The first kappa shape index (κ1) is 14.6. The highest BCUT2D eigenvalue weighted by Gasteiger charge is 2.13. The highest BCUT2D eigenvalue weighted by atomic mass is 15.3. The third-order valence-electron chi connectivity index (χ3n) is 3.90. The third kappa shape index (κ3) is 2.72. The molecule has 0 bridgehead atoms. The molecule has 0 amide bonds. The van der Waals surface area contributed by atoms with Crippen LogP contribution < -0.4 is 5.32 Å². The van der Waals surface area contributed by atoms with Gasteiger partial charge in [-0.15, -0.1) is 0 Å². The fraction of sp³-hybridized carbons (Fsp3) is 0.471. The van der Waals surface area contributed by atoms with Gasteiger partial charge in [0, 0.05) is 12.6 Å². The molecule has 2 rings (SSSR count). The Balaban J connectivity index is 2.24. The average molecular weight is 271 g/mol. The van der Waals surface area contributed by atoms with Crippen LogP contribution in [0, 0.1) is 27.7 Å². The molecule has 0 fully saturated rings. The smallest absolute Gasteiger partial charge is 0.0828 e. The molecule has 1 aromatic carbocycles. The average Bonchev–Trinajstić information content (AvgIpc) is 2.65. The summed E-state index contributed by atoms with van der Waals surface area (Å²) in [6, 6.07) is 6.84. The van der Waals surface area contributed by atoms with Gasteiger partial charge in [-0.3, -0.25) is 4.68 Å². The zero-order valence-corrected chi connectivity index (χ0v) is 13.4. The standard InChI is InChI=1S/C17H25N3/c1-11(2)20-15(6)17(14(5)19-20)18-10-16-12(3)8-7-9-13(16)4/h7-9,11,18H,10H2,1-6H3. The van der Waals surface area contributed by atoms with Gasteiger partial charge in [0.25, 0.3) is 0 Å². The zero-order valence-electron chi connectivity index (χ0n) is 13.4. The number of anilines is 1. The summed E-state index contributed by atoms with van der Waals surface area (Å²) in [5, 5.41) is 8.19. The molecule has 20 heavy (non-hydrogen) atoms. The van der Waals surface area contributed by atoms with Crippen molar-refractivity contribution in [3.63, 3.8) is 0 Å². The maximum atomic E-state index is 4.62. The fourth-order valence-corrected chi connectivity index (χ4v) is 2.73. The van der Waals surface area contributed by atoms with E-state index in [4.69, 9.17) is 0 Å². The number of benzene rings is 1. The highest BCUT2D eigenvalue weighted by Crippen LogP contribution is 2.24. The molecule has 1 N–H and O–H groups in total. The number of aromatic nitrogens is 2. The molecule has 3 heteroatoms. The predicted molar refractivity (Wildman–Crippen MR) is 85.3 cm³/mol. The summed E-state index contributed by atoms with van der Waals surface area (Å²) in [6.07, 6.45) is 0. The van der Waals surface area contributed by atoms with Crippen molar-refractivity contribution in [1.82, 2.24) is 9.78 Å². The van der Waals surface area contributed by atoms with E-state index in [1.807, 2.05) is 0 Å². The normalized spacial score (nSPS) is 11.2. The molecule has 0 radical (unpaired) electrons. The minimum Gasteiger partial charge on any atom is -0.378 e. The van der Waals surface area contributed by atoms with E-state index in [0.29, 0.717) is 6.04 Å². The largest absolute Gasteiger partial charge is 0.378 e. The van der Waals surface area contributed by atoms with Gasteiger partial charge in [0.15, 0.2) is 0 Å². The lowest BCUT2D eigenvalue weighted by Gasteiger charge is -2.13. The summed E-state index contributed by atoms with van der Waals surface area (Å²) in [5.41, 5.74) is 7.50. The number of nitrogens with zero attached hydrogens (tertiary/aromatic N) is 2. The molecule has 0 atom stereocenters. The second-order valence-corrected chi connectivity index (χ2v) is 5.81. The van der Waals surface area contributed by atoms with Crippen LogP contribution in [0.2, 0.25) is 0 Å². The van der Waals surface area contributed by atoms with Crippen molar-refractivity contribution in [3.8, 4) is 0 Å². The van der Waals surface area contributed by atoms with E-state index in [2.05, 4.69) is 74.8 Å². The third-order valence-corrected chi connectivity index (χ3v) is 3.90. The number of hydrogen-bond acceptors (Lipinski definition) is 2. The van der Waals surface area contributed by atoms with Crippen molar-refractivity contribution in [2.75, 3.05) is 5.32 Å². The molecule has 2 aromatic rings. The summed E-state index contributed by atoms with van der Waals surface area (Å²) in [7, 11) is 0. The van der Waals surface area contributed by atoms with Gasteiger partial charge in [0.2, 0.25) is 0 Å². The molecule has 108 valence electrons. The second kappa shape index (κ2) is 5.70. The van der Waals surface area contributed by atoms with Gasteiger partial charge in [0.05, 0.1) is 17.1 Å². The molecule has 0 saturated heterocycles. The summed E-state index contributed by atoms with van der Waals surface area (Å²) in [5.74, 6) is 0. The minimum atomic E-state index is 0.393. The van der Waals surface area contributed by atoms with Gasteiger partial charge in [-0.25, -0.2) is 0 Å². The number of hydrogen-bond donors (Lipinski definition) is 1. The molecule has 0 aliphatic carbocycles. The van der Waals surface area contributed by atoms with Crippen LogP contribution in [0.4, 0.5) is 5.69 Å². The van der Waals surface area contributed by atoms with E-state index in [1.165, 1.54) is 28.1 Å². The topological polar surface area (TPSA) is 29.9 Å². The Hall–Kier alpha value is -1.77. The molecule has 0 unspecified atom stereocenters. The van der Waals surface area contributed by atoms with Gasteiger partial charge < -0.3 is 5.32 Å². The fourth-order valence-electron chi connectivity index (χ4n) is 2.73. The SMILES string of the molecule is Cc1cccc(C)c1CNc1c(C)nn(C(C)C)c1C. The predicted octanol–water partition coefficient (Wildman–Crippen LogP) is 4.31. The van der Waals surface area contributed by atoms with E-state index in [-0.39, 0.29) is 0 Å². The summed E-state index contributed by atoms with van der Waals surface area (Å²) in [4.78, 5) is 0. The Morgan fingerprint density at radius 1 is 1.10 bits per heavy atom. The van der Waals surface area contributed by atoms with Gasteiger partial charge in [-0.05, 0) is 58.2 Å². The molecule has 3 nitrogen and oxygen atoms in total. The van der Waals surface area contributed by atoms with Crippen molar-refractivity contribution in [2.45, 2.75) is 54.1 Å². The van der Waals surface area contributed by atoms with E-state index >= 15 is 0 Å². The van der Waals surface area contributed by atoms with Crippen LogP contribution in [0.15, 0.2) is 18.2 Å². The molecular formula is C17H25N3. The first-order valence-electron chi connectivity index (χ1n) is 7.26. The van der Waals surface area contributed by atoms with Crippen LogP contribution in [0.1, 0.15) is 48.0 Å². The zero-order chi connectivity index (χ0) is 14.9. The lowest BCUT2D eigenvalue weighted by molar-refractivity contribution is 0.516. The monoisotopic (exact) mass is 271 g/mol. The van der Waals surface area contributed by atoms with Crippen LogP contribution >= 0.6 is 0 Å². The van der Waals surface area contributed by atoms with E-state index < -0.39 is 0 Å². The Bertz CT molecular complexity index is 589. The number of rotatable bonds is 4. The summed E-state index contributed by atoms with van der Waals surface area (Å²) in [6.45, 7) is 13.7. The van der Waals surface area contributed by atoms with Crippen LogP contribution in [0.25, 0.3) is 0 Å². The second-order valence-electron chi connectivity index (χ2n) is 5.81. The quantitative estimate of drug-likeness (QED) is 0.898. The van der Waals surface area contributed by atoms with Crippen molar-refractivity contribution < 1.29 is 0 Å². The molecular weight excluding hydrogens is 246 g/mol. The molecule has 0 saturated carbocycles. The first-order chi connectivity index (χ1) is 9.41. The maximum Gasteiger partial charge on any atom is 0.0828 e. The Kier molecular flexibility index (Phi) is 4.17. The van der Waals surface area contributed by atoms with Gasteiger partial charge >= 0.3 is 0 Å². The van der Waals surface area contributed by atoms with Gasteiger partial charge in [-0.2, -0.15) is 5.10 Å². The van der Waals surface area contributed by atoms with Crippen LogP contribution in [0.3, 0.4) is 0 Å². The molecule has 1 heterocycles. The molecule has 0 spiro atoms. The number of aryl methyl sites for hydroxylation is 3. The maximum absolute atomic E-state index is 4.62. The number of nitrogens with one attached hydrogen (secondary N) is 1. The van der Waals surface area contributed by atoms with E-state index in [9.17, 15) is 0 Å². The Morgan fingerprint density at radius 3 is 2.20 bits per heavy atom. The lowest BCUT2D eigenvalue weighted by atomic mass is 10.0. The lowest BCUT2D eigenvalue weighted by Crippen LogP contribution is -2.07. The van der Waals surface area contributed by atoms with Gasteiger partial charge in [0.1, 0.15) is 0 Å². The van der Waals surface area contributed by atoms with Gasteiger partial charge in [-0.1, -0.05) is 18.2 Å². The van der Waals surface area contributed by atoms with E-state index in [1.54, 1.807) is 0 Å². The molecule has 0 aliphatic heterocycles. The summed E-state index contributed by atoms with van der Waals surface area (Å²) < 4.78 is 2.09. The van der Waals surface area contributed by atoms with Crippen LogP contribution in [-0.4, -0.2) is 9.78 Å². The van der Waals surface area contributed by atoms with E-state index in [0.717, 1.165) is 12.2 Å². The van der Waals surface area contributed by atoms with Crippen LogP contribution in [-0.2, 0) is 6.54 Å². The molecule has 0 aliphatic rings. The van der Waals surface area contributed by atoms with Crippen LogP contribution in [0.5, 0.6) is 0 Å². The van der Waals surface area contributed by atoms with Crippen molar-refractivity contribution >= 4 is 5.69 Å².